The van der Waals surface area contributed by atoms with Gasteiger partial charge in [0.15, 0.2) is 12.1 Å². The van der Waals surface area contributed by atoms with Crippen LogP contribution in [0.1, 0.15) is 40.0 Å². The molecule has 0 radical (unpaired) electrons. The highest BCUT2D eigenvalue weighted by atomic mass is 16.8. The molecular weight excluding hydrogens is 208 g/mol. The van der Waals surface area contributed by atoms with Crippen molar-refractivity contribution in [2.75, 3.05) is 7.11 Å². The molecule has 16 heavy (non-hydrogen) atoms. The molecule has 94 valence electrons. The van der Waals surface area contributed by atoms with Gasteiger partial charge in [-0.25, -0.2) is 0 Å². The standard InChI is InChI=1S/C12H22O4/c1-5-6-8-11-9(7-10(13-4)14-8)15-12(2,3)16-11/h8-11H,5-7H2,1-4H3. The third kappa shape index (κ3) is 2.40. The molecule has 4 unspecified atom stereocenters. The van der Waals surface area contributed by atoms with Crippen LogP contribution in [0.15, 0.2) is 0 Å². The van der Waals surface area contributed by atoms with Gasteiger partial charge < -0.3 is 18.9 Å². The molecule has 0 spiro atoms. The van der Waals surface area contributed by atoms with E-state index in [1.165, 1.54) is 0 Å². The highest BCUT2D eigenvalue weighted by Gasteiger charge is 2.49. The van der Waals surface area contributed by atoms with E-state index in [2.05, 4.69) is 6.92 Å². The fourth-order valence-corrected chi connectivity index (χ4v) is 2.55. The van der Waals surface area contributed by atoms with Crippen molar-refractivity contribution < 1.29 is 18.9 Å². The van der Waals surface area contributed by atoms with Crippen LogP contribution < -0.4 is 0 Å². The van der Waals surface area contributed by atoms with Gasteiger partial charge in [0.25, 0.3) is 0 Å². The minimum atomic E-state index is -0.493. The maximum atomic E-state index is 5.91. The SMILES string of the molecule is CCCC1OC(OC)CC2OC(C)(C)OC12. The van der Waals surface area contributed by atoms with Crippen molar-refractivity contribution in [2.45, 2.75) is 70.4 Å². The summed E-state index contributed by atoms with van der Waals surface area (Å²) < 4.78 is 22.9. The van der Waals surface area contributed by atoms with Crippen LogP contribution in [0.3, 0.4) is 0 Å². The molecule has 2 saturated heterocycles. The lowest BCUT2D eigenvalue weighted by molar-refractivity contribution is -0.222. The second-order valence-electron chi connectivity index (χ2n) is 5.00. The molecule has 2 heterocycles. The molecule has 2 aliphatic heterocycles. The third-order valence-corrected chi connectivity index (χ3v) is 3.18. The Labute approximate surface area is 97.2 Å². The van der Waals surface area contributed by atoms with Crippen LogP contribution in [-0.2, 0) is 18.9 Å². The normalized spacial score (nSPS) is 42.0. The summed E-state index contributed by atoms with van der Waals surface area (Å²) in [6, 6.07) is 0. The molecule has 4 nitrogen and oxygen atoms in total. The molecule has 2 rings (SSSR count). The molecule has 0 aromatic carbocycles. The Balaban J connectivity index is 2.07. The van der Waals surface area contributed by atoms with Gasteiger partial charge in [-0.3, -0.25) is 0 Å². The van der Waals surface area contributed by atoms with Crippen LogP contribution in [0, 0.1) is 0 Å². The van der Waals surface area contributed by atoms with E-state index in [9.17, 15) is 0 Å². The molecule has 0 aliphatic carbocycles. The lowest BCUT2D eigenvalue weighted by Gasteiger charge is -2.35. The summed E-state index contributed by atoms with van der Waals surface area (Å²) >= 11 is 0. The van der Waals surface area contributed by atoms with Gasteiger partial charge in [0.1, 0.15) is 6.10 Å². The number of fused-ring (bicyclic) bond motifs is 1. The Bertz CT molecular complexity index is 241. The highest BCUT2D eigenvalue weighted by Crippen LogP contribution is 2.38. The van der Waals surface area contributed by atoms with Gasteiger partial charge in [-0.1, -0.05) is 13.3 Å². The van der Waals surface area contributed by atoms with E-state index in [-0.39, 0.29) is 24.6 Å². The summed E-state index contributed by atoms with van der Waals surface area (Å²) in [6.07, 6.45) is 2.91. The average molecular weight is 230 g/mol. The first-order chi connectivity index (χ1) is 7.55. The fourth-order valence-electron chi connectivity index (χ4n) is 2.55. The molecular formula is C12H22O4. The van der Waals surface area contributed by atoms with Crippen molar-refractivity contribution in [1.29, 1.82) is 0 Å². The molecule has 0 saturated carbocycles. The summed E-state index contributed by atoms with van der Waals surface area (Å²) in [5, 5.41) is 0. The number of ether oxygens (including phenoxy) is 4. The van der Waals surface area contributed by atoms with E-state index in [1.807, 2.05) is 13.8 Å². The van der Waals surface area contributed by atoms with Crippen molar-refractivity contribution in [2.24, 2.45) is 0 Å². The van der Waals surface area contributed by atoms with Gasteiger partial charge in [0, 0.05) is 13.5 Å². The number of hydrogen-bond acceptors (Lipinski definition) is 4. The van der Waals surface area contributed by atoms with Gasteiger partial charge in [0.05, 0.1) is 12.2 Å². The van der Waals surface area contributed by atoms with Crippen LogP contribution in [0.5, 0.6) is 0 Å². The molecule has 0 aromatic heterocycles. The summed E-state index contributed by atoms with van der Waals surface area (Å²) in [7, 11) is 1.68. The van der Waals surface area contributed by atoms with Crippen molar-refractivity contribution >= 4 is 0 Å². The monoisotopic (exact) mass is 230 g/mol. The Morgan fingerprint density at radius 2 is 2.06 bits per heavy atom. The largest absolute Gasteiger partial charge is 0.356 e. The number of hydrogen-bond donors (Lipinski definition) is 0. The zero-order chi connectivity index (χ0) is 11.8. The van der Waals surface area contributed by atoms with Crippen molar-refractivity contribution in [3.63, 3.8) is 0 Å². The molecule has 0 bridgehead atoms. The van der Waals surface area contributed by atoms with Crippen molar-refractivity contribution in [3.05, 3.63) is 0 Å². The highest BCUT2D eigenvalue weighted by molar-refractivity contribution is 4.91. The molecule has 2 aliphatic rings. The Kier molecular flexibility index (Phi) is 3.54. The van der Waals surface area contributed by atoms with E-state index >= 15 is 0 Å². The van der Waals surface area contributed by atoms with Crippen molar-refractivity contribution in [1.82, 2.24) is 0 Å². The lowest BCUT2D eigenvalue weighted by Crippen LogP contribution is -2.47. The van der Waals surface area contributed by atoms with Gasteiger partial charge >= 0.3 is 0 Å². The number of methoxy groups -OCH3 is 1. The van der Waals surface area contributed by atoms with Crippen LogP contribution in [0.4, 0.5) is 0 Å². The minimum Gasteiger partial charge on any atom is -0.356 e. The summed E-state index contributed by atoms with van der Waals surface area (Å²) in [6.45, 7) is 6.06. The second kappa shape index (κ2) is 4.61. The molecule has 4 heteroatoms. The Hall–Kier alpha value is -0.160. The minimum absolute atomic E-state index is 0.0568. The smallest absolute Gasteiger partial charge is 0.163 e. The molecule has 4 atom stereocenters. The molecule has 2 fully saturated rings. The average Bonchev–Trinajstić information content (AvgIpc) is 2.52. The second-order valence-corrected chi connectivity index (χ2v) is 5.00. The summed E-state index contributed by atoms with van der Waals surface area (Å²) in [5.74, 6) is -0.493. The van der Waals surface area contributed by atoms with Crippen LogP contribution in [-0.4, -0.2) is 37.5 Å². The zero-order valence-corrected chi connectivity index (χ0v) is 10.6. The van der Waals surface area contributed by atoms with E-state index in [0.717, 1.165) is 19.3 Å². The maximum absolute atomic E-state index is 5.91. The molecule has 0 aromatic rings. The van der Waals surface area contributed by atoms with E-state index in [0.29, 0.717) is 0 Å². The van der Waals surface area contributed by atoms with E-state index in [1.54, 1.807) is 7.11 Å². The summed E-state index contributed by atoms with van der Waals surface area (Å²) in [5.41, 5.74) is 0. The van der Waals surface area contributed by atoms with Gasteiger partial charge in [-0.05, 0) is 20.3 Å². The van der Waals surface area contributed by atoms with Gasteiger partial charge in [-0.2, -0.15) is 0 Å². The van der Waals surface area contributed by atoms with Gasteiger partial charge in [0.2, 0.25) is 0 Å². The summed E-state index contributed by atoms with van der Waals surface area (Å²) in [4.78, 5) is 0. The Morgan fingerprint density at radius 1 is 1.31 bits per heavy atom. The maximum Gasteiger partial charge on any atom is 0.163 e. The lowest BCUT2D eigenvalue weighted by atomic mass is 9.98. The Morgan fingerprint density at radius 3 is 2.69 bits per heavy atom. The predicted molar refractivity (Wildman–Crippen MR) is 59.0 cm³/mol. The first-order valence-electron chi connectivity index (χ1n) is 6.09. The van der Waals surface area contributed by atoms with Crippen LogP contribution in [0.2, 0.25) is 0 Å². The van der Waals surface area contributed by atoms with Crippen molar-refractivity contribution in [3.8, 4) is 0 Å². The van der Waals surface area contributed by atoms with E-state index in [4.69, 9.17) is 18.9 Å². The van der Waals surface area contributed by atoms with Crippen LogP contribution >= 0.6 is 0 Å². The zero-order valence-electron chi connectivity index (χ0n) is 10.6. The van der Waals surface area contributed by atoms with E-state index < -0.39 is 5.79 Å². The first kappa shape index (κ1) is 12.3. The number of rotatable bonds is 3. The third-order valence-electron chi connectivity index (χ3n) is 3.18. The quantitative estimate of drug-likeness (QED) is 0.743. The van der Waals surface area contributed by atoms with Crippen LogP contribution in [0.25, 0.3) is 0 Å². The predicted octanol–water partition coefficient (Wildman–Crippen LogP) is 2.07. The molecule has 0 amide bonds. The first-order valence-corrected chi connectivity index (χ1v) is 6.09. The fraction of sp³-hybridized carbons (Fsp3) is 1.00. The van der Waals surface area contributed by atoms with Gasteiger partial charge in [-0.15, -0.1) is 0 Å². The topological polar surface area (TPSA) is 36.9 Å². The molecule has 0 N–H and O–H groups in total.